The van der Waals surface area contributed by atoms with Gasteiger partial charge in [0.15, 0.2) is 0 Å². The molecule has 0 amide bonds. The molecule has 4 heteroatoms. The number of aromatic nitrogens is 1. The van der Waals surface area contributed by atoms with Crippen LogP contribution in [0.1, 0.15) is 73.9 Å². The molecule has 3 rings (SSSR count). The summed E-state index contributed by atoms with van der Waals surface area (Å²) >= 11 is 0. The van der Waals surface area contributed by atoms with Crippen molar-refractivity contribution in [3.63, 3.8) is 0 Å². The third kappa shape index (κ3) is 6.13. The molecule has 1 fully saturated rings. The summed E-state index contributed by atoms with van der Waals surface area (Å²) in [7, 11) is 0. The van der Waals surface area contributed by atoms with Crippen LogP contribution in [0.25, 0.3) is 6.08 Å². The van der Waals surface area contributed by atoms with Gasteiger partial charge in [0.2, 0.25) is 0 Å². The molecule has 2 aromatic rings. The van der Waals surface area contributed by atoms with Gasteiger partial charge in [-0.25, -0.2) is 0 Å². The van der Waals surface area contributed by atoms with Crippen molar-refractivity contribution in [1.29, 1.82) is 0 Å². The van der Waals surface area contributed by atoms with Gasteiger partial charge in [0.05, 0.1) is 5.60 Å². The molecule has 2 N–H and O–H groups in total. The highest BCUT2D eigenvalue weighted by Crippen LogP contribution is 2.35. The Morgan fingerprint density at radius 3 is 2.61 bits per heavy atom. The number of aliphatic hydroxyl groups is 1. The number of nitrogens with zero attached hydrogens (tertiary/aromatic N) is 1. The lowest BCUT2D eigenvalue weighted by molar-refractivity contribution is -0.0648. The van der Waals surface area contributed by atoms with E-state index in [0.717, 1.165) is 43.6 Å². The lowest BCUT2D eigenvalue weighted by atomic mass is 9.82. The number of likely N-dealkylation sites (tertiary alicyclic amines) is 1. The van der Waals surface area contributed by atoms with Crippen molar-refractivity contribution in [3.05, 3.63) is 86.9 Å². The van der Waals surface area contributed by atoms with Gasteiger partial charge in [0, 0.05) is 42.7 Å². The average molecular weight is 449 g/mol. The molecule has 1 aliphatic rings. The predicted octanol–water partition coefficient (Wildman–Crippen LogP) is 5.74. The molecule has 2 heterocycles. The molecule has 1 aliphatic heterocycles. The Balaban J connectivity index is 1.84. The number of rotatable bonds is 10. The van der Waals surface area contributed by atoms with E-state index in [2.05, 4.69) is 61.5 Å². The van der Waals surface area contributed by atoms with Crippen LogP contribution in [0.2, 0.25) is 0 Å². The zero-order valence-corrected chi connectivity index (χ0v) is 20.9. The van der Waals surface area contributed by atoms with Crippen LogP contribution in [-0.2, 0) is 6.54 Å². The minimum absolute atomic E-state index is 0.0293. The summed E-state index contributed by atoms with van der Waals surface area (Å²) in [6.07, 6.45) is 7.05. The smallest absolute Gasteiger partial charge is 0.252 e. The van der Waals surface area contributed by atoms with E-state index in [1.807, 2.05) is 32.1 Å². The molecule has 1 aromatic heterocycles. The summed E-state index contributed by atoms with van der Waals surface area (Å²) in [6, 6.07) is 10.5. The molecule has 33 heavy (non-hydrogen) atoms. The fourth-order valence-electron chi connectivity index (χ4n) is 4.75. The molecule has 1 unspecified atom stereocenters. The van der Waals surface area contributed by atoms with Crippen LogP contribution >= 0.6 is 0 Å². The van der Waals surface area contributed by atoms with Crippen molar-refractivity contribution in [2.75, 3.05) is 13.1 Å². The Labute approximate surface area is 199 Å². The van der Waals surface area contributed by atoms with E-state index in [0.29, 0.717) is 6.54 Å². The van der Waals surface area contributed by atoms with Crippen LogP contribution in [0.4, 0.5) is 0 Å². The maximum absolute atomic E-state index is 12.8. The second-order valence-electron chi connectivity index (χ2n) is 10.1. The first-order valence-electron chi connectivity index (χ1n) is 12.2. The predicted molar refractivity (Wildman–Crippen MR) is 138 cm³/mol. The number of H-pyrrole nitrogens is 1. The molecule has 1 saturated heterocycles. The van der Waals surface area contributed by atoms with Crippen molar-refractivity contribution < 1.29 is 5.11 Å². The topological polar surface area (TPSA) is 56.3 Å². The van der Waals surface area contributed by atoms with Crippen LogP contribution < -0.4 is 5.56 Å². The van der Waals surface area contributed by atoms with Gasteiger partial charge in [0.25, 0.3) is 5.56 Å². The van der Waals surface area contributed by atoms with Crippen molar-refractivity contribution in [2.45, 2.75) is 71.9 Å². The summed E-state index contributed by atoms with van der Waals surface area (Å²) in [5, 5.41) is 10.1. The maximum Gasteiger partial charge on any atom is 0.252 e. The zero-order valence-electron chi connectivity index (χ0n) is 20.9. The summed E-state index contributed by atoms with van der Waals surface area (Å²) in [6.45, 7) is 16.5. The van der Waals surface area contributed by atoms with Crippen LogP contribution in [-0.4, -0.2) is 33.7 Å². The van der Waals surface area contributed by atoms with E-state index in [1.165, 1.54) is 22.3 Å². The lowest BCUT2D eigenvalue weighted by Crippen LogP contribution is -2.55. The number of hydrogen-bond acceptors (Lipinski definition) is 3. The summed E-state index contributed by atoms with van der Waals surface area (Å²) in [5.41, 5.74) is 6.23. The molecular weight excluding hydrogens is 408 g/mol. The minimum Gasteiger partial charge on any atom is -0.390 e. The molecule has 1 atom stereocenters. The fourth-order valence-corrected chi connectivity index (χ4v) is 4.75. The first-order valence-corrected chi connectivity index (χ1v) is 12.2. The third-order valence-corrected chi connectivity index (χ3v) is 7.12. The molecule has 0 radical (unpaired) electrons. The van der Waals surface area contributed by atoms with Gasteiger partial charge >= 0.3 is 0 Å². The summed E-state index contributed by atoms with van der Waals surface area (Å²) in [4.78, 5) is 18.1. The number of allylic oxidation sites excluding steroid dienone is 2. The fraction of sp³-hybridized carbons (Fsp3) is 0.483. The van der Waals surface area contributed by atoms with Gasteiger partial charge in [-0.05, 0) is 69.4 Å². The number of pyridine rings is 1. The van der Waals surface area contributed by atoms with Crippen molar-refractivity contribution in [3.8, 4) is 0 Å². The van der Waals surface area contributed by atoms with E-state index >= 15 is 0 Å². The quantitative estimate of drug-likeness (QED) is 0.456. The molecule has 4 nitrogen and oxygen atoms in total. The number of hydrogen-bond donors (Lipinski definition) is 2. The minimum atomic E-state index is -0.662. The van der Waals surface area contributed by atoms with Crippen LogP contribution in [0, 0.1) is 19.8 Å². The van der Waals surface area contributed by atoms with Crippen molar-refractivity contribution >= 4 is 6.08 Å². The Morgan fingerprint density at radius 1 is 1.27 bits per heavy atom. The van der Waals surface area contributed by atoms with Gasteiger partial charge in [-0.15, -0.1) is 6.58 Å². The van der Waals surface area contributed by atoms with E-state index in [9.17, 15) is 9.90 Å². The highest BCUT2D eigenvalue weighted by molar-refractivity contribution is 5.54. The third-order valence-electron chi connectivity index (χ3n) is 7.12. The summed E-state index contributed by atoms with van der Waals surface area (Å²) in [5.74, 6) is 0.521. The Morgan fingerprint density at radius 2 is 2.00 bits per heavy atom. The molecule has 0 saturated carbocycles. The van der Waals surface area contributed by atoms with Gasteiger partial charge in [-0.2, -0.15) is 0 Å². The van der Waals surface area contributed by atoms with Crippen LogP contribution in [0.3, 0.4) is 0 Å². The number of benzene rings is 1. The molecular formula is C29H40N2O2. The van der Waals surface area contributed by atoms with Gasteiger partial charge in [-0.1, -0.05) is 49.3 Å². The largest absolute Gasteiger partial charge is 0.390 e. The Bertz CT molecular complexity index is 1050. The van der Waals surface area contributed by atoms with Crippen LogP contribution in [0.15, 0.2) is 53.4 Å². The van der Waals surface area contributed by atoms with Gasteiger partial charge in [-0.3, -0.25) is 9.69 Å². The lowest BCUT2D eigenvalue weighted by Gasteiger charge is -2.45. The van der Waals surface area contributed by atoms with Gasteiger partial charge in [0.1, 0.15) is 0 Å². The highest BCUT2D eigenvalue weighted by Gasteiger charge is 2.37. The molecule has 178 valence electrons. The first kappa shape index (κ1) is 25.2. The average Bonchev–Trinajstić information content (AvgIpc) is 2.71. The molecule has 0 bridgehead atoms. The van der Waals surface area contributed by atoms with E-state index in [-0.39, 0.29) is 17.4 Å². The second-order valence-corrected chi connectivity index (χ2v) is 10.1. The molecule has 0 aliphatic carbocycles. The maximum atomic E-state index is 12.8. The molecule has 0 spiro atoms. The summed E-state index contributed by atoms with van der Waals surface area (Å²) < 4.78 is 0. The van der Waals surface area contributed by atoms with E-state index < -0.39 is 5.60 Å². The van der Waals surface area contributed by atoms with Crippen molar-refractivity contribution in [1.82, 2.24) is 9.88 Å². The Kier molecular flexibility index (Phi) is 8.14. The van der Waals surface area contributed by atoms with E-state index in [4.69, 9.17) is 0 Å². The standard InChI is InChI=1S/C29H40N2O2/c1-7-10-22(27(11-8-2)26-13-9-12-20(3)21(26)4)16-25-15-14-23(28(32)30-25)17-31-18-24(19-31)29(5,6)33/h8-9,12-16,24,27,33H,2,7,10-11,17-19H2,1,3-6H3,(H,30,32)/b22-16+. The zero-order chi connectivity index (χ0) is 24.2. The number of aromatic amines is 1. The normalized spacial score (nSPS) is 16.5. The SMILES string of the molecule is C=CCC(/C(=C/c1ccc(CN2CC(C(C)(C)O)C2)c(=O)[nH]1)CCC)c1cccc(C)c1C. The van der Waals surface area contributed by atoms with Gasteiger partial charge < -0.3 is 10.1 Å². The van der Waals surface area contributed by atoms with Crippen molar-refractivity contribution in [2.24, 2.45) is 5.92 Å². The number of nitrogens with one attached hydrogen (secondary N) is 1. The Hall–Kier alpha value is -2.43. The van der Waals surface area contributed by atoms with Crippen LogP contribution in [0.5, 0.6) is 0 Å². The first-order chi connectivity index (χ1) is 15.6. The number of aryl methyl sites for hydroxylation is 1. The monoisotopic (exact) mass is 448 g/mol. The van der Waals surface area contributed by atoms with E-state index in [1.54, 1.807) is 0 Å². The second kappa shape index (κ2) is 10.7. The highest BCUT2D eigenvalue weighted by atomic mass is 16.3. The molecule has 1 aromatic carbocycles.